The molecule has 0 aliphatic heterocycles. The quantitative estimate of drug-likeness (QED) is 0.642. The van der Waals surface area contributed by atoms with E-state index in [1.165, 1.54) is 16.0 Å². The maximum absolute atomic E-state index is 5.42. The van der Waals surface area contributed by atoms with Crippen LogP contribution in [-0.4, -0.2) is 25.4 Å². The van der Waals surface area contributed by atoms with E-state index in [9.17, 15) is 0 Å². The summed E-state index contributed by atoms with van der Waals surface area (Å²) in [5.74, 6) is 1.49. The number of hydrogen-bond donors (Lipinski definition) is 0. The van der Waals surface area contributed by atoms with Crippen LogP contribution in [-0.2, 0) is 12.8 Å². The van der Waals surface area contributed by atoms with Crippen LogP contribution >= 0.6 is 11.3 Å². The highest BCUT2D eigenvalue weighted by molar-refractivity contribution is 7.18. The second kappa shape index (κ2) is 6.69. The van der Waals surface area contributed by atoms with Crippen LogP contribution in [0.15, 0.2) is 47.5 Å². The Morgan fingerprint density at radius 1 is 1.08 bits per heavy atom. The standard InChI is InChI=1S/C20H18N2O2S/c1-23-15-9-7-14(18(11-15)24-2)12-21-20-22-17-10-8-13-5-3-4-6-16(13)19(17)25-20/h3-7,9,11-12H,8,10H2,1-2H3. The molecule has 0 saturated carbocycles. The first-order valence-electron chi connectivity index (χ1n) is 8.12. The van der Waals surface area contributed by atoms with Gasteiger partial charge in [0.15, 0.2) is 0 Å². The van der Waals surface area contributed by atoms with E-state index in [0.29, 0.717) is 0 Å². The van der Waals surface area contributed by atoms with Gasteiger partial charge in [0, 0.05) is 17.8 Å². The molecule has 4 rings (SSSR count). The second-order valence-electron chi connectivity index (χ2n) is 5.80. The highest BCUT2D eigenvalue weighted by Gasteiger charge is 2.20. The summed E-state index contributed by atoms with van der Waals surface area (Å²) in [6, 6.07) is 14.2. The number of benzene rings is 2. The Labute approximate surface area is 150 Å². The molecule has 0 N–H and O–H groups in total. The van der Waals surface area contributed by atoms with Crippen LogP contribution in [0, 0.1) is 0 Å². The number of fused-ring (bicyclic) bond motifs is 3. The predicted octanol–water partition coefficient (Wildman–Crippen LogP) is 4.68. The molecule has 25 heavy (non-hydrogen) atoms. The molecule has 2 aromatic carbocycles. The van der Waals surface area contributed by atoms with Crippen molar-refractivity contribution in [2.75, 3.05) is 14.2 Å². The largest absolute Gasteiger partial charge is 0.497 e. The second-order valence-corrected chi connectivity index (χ2v) is 6.77. The predicted molar refractivity (Wildman–Crippen MR) is 102 cm³/mol. The molecule has 0 fully saturated rings. The third-order valence-corrected chi connectivity index (χ3v) is 5.37. The summed E-state index contributed by atoms with van der Waals surface area (Å²) in [6.07, 6.45) is 3.82. The van der Waals surface area contributed by atoms with Gasteiger partial charge in [-0.2, -0.15) is 0 Å². The maximum atomic E-state index is 5.42. The Kier molecular flexibility index (Phi) is 4.24. The van der Waals surface area contributed by atoms with Crippen molar-refractivity contribution in [1.29, 1.82) is 0 Å². The van der Waals surface area contributed by atoms with Gasteiger partial charge >= 0.3 is 0 Å². The normalized spacial score (nSPS) is 12.7. The lowest BCUT2D eigenvalue weighted by molar-refractivity contribution is 0.394. The average Bonchev–Trinajstić information content (AvgIpc) is 3.09. The minimum atomic E-state index is 0.731. The Hall–Kier alpha value is -2.66. The lowest BCUT2D eigenvalue weighted by Crippen LogP contribution is -2.01. The van der Waals surface area contributed by atoms with Gasteiger partial charge in [-0.3, -0.25) is 0 Å². The van der Waals surface area contributed by atoms with E-state index >= 15 is 0 Å². The van der Waals surface area contributed by atoms with Gasteiger partial charge < -0.3 is 9.47 Å². The zero-order valence-electron chi connectivity index (χ0n) is 14.2. The van der Waals surface area contributed by atoms with Gasteiger partial charge in [-0.15, -0.1) is 0 Å². The Morgan fingerprint density at radius 2 is 1.96 bits per heavy atom. The molecule has 1 aliphatic carbocycles. The summed E-state index contributed by atoms with van der Waals surface area (Å²) in [7, 11) is 3.28. The van der Waals surface area contributed by atoms with Crippen molar-refractivity contribution in [2.24, 2.45) is 4.99 Å². The highest BCUT2D eigenvalue weighted by Crippen LogP contribution is 2.40. The molecule has 0 unspecified atom stereocenters. The summed E-state index contributed by atoms with van der Waals surface area (Å²) in [6.45, 7) is 0. The number of aromatic nitrogens is 1. The lowest BCUT2D eigenvalue weighted by Gasteiger charge is -2.13. The molecule has 1 heterocycles. The monoisotopic (exact) mass is 350 g/mol. The van der Waals surface area contributed by atoms with E-state index in [1.807, 2.05) is 18.2 Å². The van der Waals surface area contributed by atoms with E-state index in [1.54, 1.807) is 31.8 Å². The molecule has 3 aromatic rings. The molecule has 1 aromatic heterocycles. The van der Waals surface area contributed by atoms with Gasteiger partial charge in [-0.05, 0) is 36.1 Å². The van der Waals surface area contributed by atoms with E-state index < -0.39 is 0 Å². The number of hydrogen-bond acceptors (Lipinski definition) is 5. The molecule has 0 spiro atoms. The summed E-state index contributed by atoms with van der Waals surface area (Å²) in [5, 5.41) is 0.777. The zero-order valence-corrected chi connectivity index (χ0v) is 15.0. The first kappa shape index (κ1) is 15.8. The number of thiazole rings is 1. The summed E-state index contributed by atoms with van der Waals surface area (Å²) in [5.41, 5.74) is 4.74. The van der Waals surface area contributed by atoms with Crippen molar-refractivity contribution in [3.8, 4) is 21.9 Å². The third-order valence-electron chi connectivity index (χ3n) is 4.33. The van der Waals surface area contributed by atoms with Crippen molar-refractivity contribution < 1.29 is 9.47 Å². The van der Waals surface area contributed by atoms with Gasteiger partial charge in [0.05, 0.1) is 24.8 Å². The number of methoxy groups -OCH3 is 2. The van der Waals surface area contributed by atoms with Gasteiger partial charge in [0.25, 0.3) is 0 Å². The Balaban J connectivity index is 1.65. The number of nitrogens with zero attached hydrogens (tertiary/aromatic N) is 2. The summed E-state index contributed by atoms with van der Waals surface area (Å²) < 4.78 is 10.6. The fourth-order valence-corrected chi connectivity index (χ4v) is 4.06. The summed E-state index contributed by atoms with van der Waals surface area (Å²) in [4.78, 5) is 10.5. The molecule has 0 bridgehead atoms. The van der Waals surface area contributed by atoms with Crippen molar-refractivity contribution >= 4 is 22.7 Å². The Morgan fingerprint density at radius 3 is 2.80 bits per heavy atom. The highest BCUT2D eigenvalue weighted by atomic mass is 32.1. The van der Waals surface area contributed by atoms with E-state index in [0.717, 1.165) is 40.7 Å². The fraction of sp³-hybridized carbons (Fsp3) is 0.200. The number of ether oxygens (including phenoxy) is 2. The molecule has 4 nitrogen and oxygen atoms in total. The minimum Gasteiger partial charge on any atom is -0.497 e. The smallest absolute Gasteiger partial charge is 0.209 e. The van der Waals surface area contributed by atoms with Crippen molar-refractivity contribution in [2.45, 2.75) is 12.8 Å². The fourth-order valence-electron chi connectivity index (χ4n) is 3.04. The molecule has 0 saturated heterocycles. The molecule has 0 amide bonds. The molecular weight excluding hydrogens is 332 g/mol. The van der Waals surface area contributed by atoms with E-state index in [2.05, 4.69) is 29.3 Å². The number of aliphatic imine (C=N–C) groups is 1. The van der Waals surface area contributed by atoms with E-state index in [-0.39, 0.29) is 0 Å². The van der Waals surface area contributed by atoms with Gasteiger partial charge in [-0.1, -0.05) is 35.6 Å². The van der Waals surface area contributed by atoms with Gasteiger partial charge in [0.1, 0.15) is 11.5 Å². The van der Waals surface area contributed by atoms with E-state index in [4.69, 9.17) is 14.5 Å². The molecule has 126 valence electrons. The van der Waals surface area contributed by atoms with Gasteiger partial charge in [0.2, 0.25) is 5.13 Å². The SMILES string of the molecule is COc1ccc(C=Nc2nc3c(s2)-c2ccccc2CC3)c(OC)c1. The molecule has 0 atom stereocenters. The van der Waals surface area contributed by atoms with Crippen molar-refractivity contribution in [1.82, 2.24) is 4.98 Å². The van der Waals surface area contributed by atoms with Crippen LogP contribution in [0.1, 0.15) is 16.8 Å². The zero-order chi connectivity index (χ0) is 17.2. The van der Waals surface area contributed by atoms with Crippen LogP contribution in [0.25, 0.3) is 10.4 Å². The first-order chi connectivity index (χ1) is 12.3. The average molecular weight is 350 g/mol. The molecular formula is C20H18N2O2S. The van der Waals surface area contributed by atoms with Gasteiger partial charge in [-0.25, -0.2) is 9.98 Å². The molecule has 5 heteroatoms. The van der Waals surface area contributed by atoms with Crippen LogP contribution in [0.2, 0.25) is 0 Å². The Bertz CT molecular complexity index is 947. The number of aryl methyl sites for hydroxylation is 2. The number of rotatable bonds is 4. The van der Waals surface area contributed by atoms with Crippen LogP contribution in [0.3, 0.4) is 0 Å². The maximum Gasteiger partial charge on any atom is 0.209 e. The molecule has 0 radical (unpaired) electrons. The topological polar surface area (TPSA) is 43.7 Å². The third kappa shape index (κ3) is 3.03. The minimum absolute atomic E-state index is 0.731. The van der Waals surface area contributed by atoms with Crippen LogP contribution in [0.4, 0.5) is 5.13 Å². The lowest BCUT2D eigenvalue weighted by atomic mass is 9.94. The molecule has 1 aliphatic rings. The van der Waals surface area contributed by atoms with Crippen LogP contribution in [0.5, 0.6) is 11.5 Å². The van der Waals surface area contributed by atoms with Crippen molar-refractivity contribution in [3.63, 3.8) is 0 Å². The first-order valence-corrected chi connectivity index (χ1v) is 8.94. The summed E-state index contributed by atoms with van der Waals surface area (Å²) >= 11 is 1.64. The van der Waals surface area contributed by atoms with Crippen molar-refractivity contribution in [3.05, 3.63) is 59.3 Å². The van der Waals surface area contributed by atoms with Crippen LogP contribution < -0.4 is 9.47 Å².